The Hall–Kier alpha value is -3.22. The Kier molecular flexibility index (Phi) is 4.74. The van der Waals surface area contributed by atoms with Gasteiger partial charge in [-0.05, 0) is 24.3 Å². The summed E-state index contributed by atoms with van der Waals surface area (Å²) in [5.41, 5.74) is 0.00385. The maximum Gasteiger partial charge on any atom is 0.270 e. The Morgan fingerprint density at radius 3 is 2.80 bits per heavy atom. The Bertz CT molecular complexity index is 971. The number of carbonyl (C=O) groups excluding carboxylic acids is 1. The molecule has 0 saturated carbocycles. The van der Waals surface area contributed by atoms with E-state index in [2.05, 4.69) is 4.98 Å². The lowest BCUT2D eigenvalue weighted by Crippen LogP contribution is -2.35. The van der Waals surface area contributed by atoms with E-state index in [9.17, 15) is 14.0 Å². The van der Waals surface area contributed by atoms with Gasteiger partial charge in [0.15, 0.2) is 11.6 Å². The third-order valence-corrected chi connectivity index (χ3v) is 3.71. The predicted molar refractivity (Wildman–Crippen MR) is 90.3 cm³/mol. The molecule has 0 atom stereocenters. The van der Waals surface area contributed by atoms with Crippen LogP contribution < -0.4 is 10.3 Å². The number of hydrogen-bond acceptors (Lipinski definition) is 4. The highest BCUT2D eigenvalue weighted by Crippen LogP contribution is 2.15. The zero-order valence-electron chi connectivity index (χ0n) is 13.6. The summed E-state index contributed by atoms with van der Waals surface area (Å²) in [4.78, 5) is 30.3. The van der Waals surface area contributed by atoms with E-state index >= 15 is 0 Å². The average molecular weight is 341 g/mol. The molecule has 0 N–H and O–H groups in total. The fourth-order valence-corrected chi connectivity index (χ4v) is 2.33. The van der Waals surface area contributed by atoms with E-state index in [4.69, 9.17) is 4.74 Å². The number of halogens is 1. The predicted octanol–water partition coefficient (Wildman–Crippen LogP) is 1.98. The summed E-state index contributed by atoms with van der Waals surface area (Å²) in [5.74, 6) is -0.808. The van der Waals surface area contributed by atoms with Crippen molar-refractivity contribution >= 4 is 11.6 Å². The Morgan fingerprint density at radius 2 is 2.00 bits per heavy atom. The van der Waals surface area contributed by atoms with Gasteiger partial charge in [-0.2, -0.15) is 0 Å². The number of pyridine rings is 1. The van der Waals surface area contributed by atoms with E-state index in [1.165, 1.54) is 27.6 Å². The summed E-state index contributed by atoms with van der Waals surface area (Å²) >= 11 is 0. The SMILES string of the molecule is CN(CCOc1ccccc1F)C(=O)c1cnc2ccccn2c1=O. The highest BCUT2D eigenvalue weighted by molar-refractivity contribution is 5.93. The third-order valence-electron chi connectivity index (χ3n) is 3.71. The van der Waals surface area contributed by atoms with E-state index < -0.39 is 17.3 Å². The second kappa shape index (κ2) is 7.12. The molecule has 25 heavy (non-hydrogen) atoms. The number of rotatable bonds is 5. The first-order valence-corrected chi connectivity index (χ1v) is 7.67. The maximum absolute atomic E-state index is 13.5. The van der Waals surface area contributed by atoms with Crippen molar-refractivity contribution in [2.45, 2.75) is 0 Å². The molecule has 0 saturated heterocycles. The van der Waals surface area contributed by atoms with Gasteiger partial charge in [0.25, 0.3) is 11.5 Å². The van der Waals surface area contributed by atoms with E-state index in [-0.39, 0.29) is 24.5 Å². The van der Waals surface area contributed by atoms with Crippen LogP contribution in [0.5, 0.6) is 5.75 Å². The van der Waals surface area contributed by atoms with Crippen LogP contribution in [-0.2, 0) is 0 Å². The van der Waals surface area contributed by atoms with Gasteiger partial charge in [0, 0.05) is 19.4 Å². The minimum Gasteiger partial charge on any atom is -0.489 e. The van der Waals surface area contributed by atoms with Crippen molar-refractivity contribution in [3.63, 3.8) is 0 Å². The van der Waals surface area contributed by atoms with Crippen LogP contribution in [0.1, 0.15) is 10.4 Å². The number of nitrogens with zero attached hydrogens (tertiary/aromatic N) is 3. The van der Waals surface area contributed by atoms with E-state index in [0.29, 0.717) is 5.65 Å². The van der Waals surface area contributed by atoms with Gasteiger partial charge in [-0.15, -0.1) is 0 Å². The summed E-state index contributed by atoms with van der Waals surface area (Å²) in [6.07, 6.45) is 2.83. The van der Waals surface area contributed by atoms with Gasteiger partial charge in [-0.1, -0.05) is 18.2 Å². The molecule has 2 aromatic heterocycles. The molecule has 6 nitrogen and oxygen atoms in total. The van der Waals surface area contributed by atoms with E-state index in [1.54, 1.807) is 43.6 Å². The fraction of sp³-hybridized carbons (Fsp3) is 0.167. The van der Waals surface area contributed by atoms with Crippen LogP contribution in [0.4, 0.5) is 4.39 Å². The average Bonchev–Trinajstić information content (AvgIpc) is 2.63. The maximum atomic E-state index is 13.5. The largest absolute Gasteiger partial charge is 0.489 e. The zero-order chi connectivity index (χ0) is 17.8. The molecule has 0 unspecified atom stereocenters. The topological polar surface area (TPSA) is 63.9 Å². The van der Waals surface area contributed by atoms with Crippen molar-refractivity contribution in [1.82, 2.24) is 14.3 Å². The van der Waals surface area contributed by atoms with Crippen LogP contribution in [-0.4, -0.2) is 40.4 Å². The molecule has 1 amide bonds. The standard InChI is InChI=1S/C18H16FN3O3/c1-21(10-11-25-15-7-3-2-6-14(15)19)17(23)13-12-20-16-8-4-5-9-22(16)18(13)24/h2-9,12H,10-11H2,1H3. The molecule has 0 spiro atoms. The molecule has 0 bridgehead atoms. The van der Waals surface area contributed by atoms with Crippen molar-refractivity contribution < 1.29 is 13.9 Å². The summed E-state index contributed by atoms with van der Waals surface area (Å²) in [5, 5.41) is 0. The van der Waals surface area contributed by atoms with E-state index in [1.807, 2.05) is 0 Å². The molecule has 7 heteroatoms. The molecule has 0 fully saturated rings. The molecular weight excluding hydrogens is 325 g/mol. The number of fused-ring (bicyclic) bond motifs is 1. The molecule has 1 aromatic carbocycles. The van der Waals surface area contributed by atoms with Crippen LogP contribution in [0.2, 0.25) is 0 Å². The second-order valence-electron chi connectivity index (χ2n) is 5.41. The molecule has 3 aromatic rings. The number of benzene rings is 1. The second-order valence-corrected chi connectivity index (χ2v) is 5.41. The molecule has 3 rings (SSSR count). The van der Waals surface area contributed by atoms with Crippen molar-refractivity contribution in [2.24, 2.45) is 0 Å². The number of carbonyl (C=O) groups is 1. The molecule has 0 aliphatic rings. The first kappa shape index (κ1) is 16.6. The lowest BCUT2D eigenvalue weighted by Gasteiger charge is -2.17. The third kappa shape index (κ3) is 3.50. The number of amides is 1. The van der Waals surface area contributed by atoms with Crippen molar-refractivity contribution in [3.8, 4) is 5.75 Å². The Labute approximate surface area is 143 Å². The number of aromatic nitrogens is 2. The van der Waals surface area contributed by atoms with Gasteiger partial charge >= 0.3 is 0 Å². The molecule has 2 heterocycles. The number of para-hydroxylation sites is 1. The quantitative estimate of drug-likeness (QED) is 0.712. The van der Waals surface area contributed by atoms with Crippen molar-refractivity contribution in [2.75, 3.05) is 20.2 Å². The normalized spacial score (nSPS) is 10.6. The lowest BCUT2D eigenvalue weighted by molar-refractivity contribution is 0.0770. The first-order chi connectivity index (χ1) is 12.1. The Balaban J connectivity index is 1.69. The van der Waals surface area contributed by atoms with Crippen LogP contribution in [0.3, 0.4) is 0 Å². The number of likely N-dealkylation sites (N-methyl/N-ethyl adjacent to an activating group) is 1. The molecular formula is C18H16FN3O3. The van der Waals surface area contributed by atoms with Crippen LogP contribution in [0.25, 0.3) is 5.65 Å². The van der Waals surface area contributed by atoms with Crippen LogP contribution in [0, 0.1) is 5.82 Å². The number of hydrogen-bond donors (Lipinski definition) is 0. The Morgan fingerprint density at radius 1 is 1.24 bits per heavy atom. The minimum absolute atomic E-state index is 0.0305. The minimum atomic E-state index is -0.465. The van der Waals surface area contributed by atoms with Gasteiger partial charge in [-0.25, -0.2) is 9.37 Å². The van der Waals surface area contributed by atoms with Crippen LogP contribution >= 0.6 is 0 Å². The highest BCUT2D eigenvalue weighted by atomic mass is 19.1. The highest BCUT2D eigenvalue weighted by Gasteiger charge is 2.17. The summed E-state index contributed by atoms with van der Waals surface area (Å²) in [7, 11) is 1.55. The van der Waals surface area contributed by atoms with Gasteiger partial charge < -0.3 is 9.64 Å². The van der Waals surface area contributed by atoms with Crippen LogP contribution in [0.15, 0.2) is 59.7 Å². The number of ether oxygens (including phenoxy) is 1. The molecule has 0 aliphatic heterocycles. The van der Waals surface area contributed by atoms with Crippen molar-refractivity contribution in [1.29, 1.82) is 0 Å². The zero-order valence-corrected chi connectivity index (χ0v) is 13.6. The monoisotopic (exact) mass is 341 g/mol. The summed E-state index contributed by atoms with van der Waals surface area (Å²) in [6.45, 7) is 0.301. The van der Waals surface area contributed by atoms with Gasteiger partial charge in [0.1, 0.15) is 17.8 Å². The van der Waals surface area contributed by atoms with Gasteiger partial charge in [0.2, 0.25) is 0 Å². The summed E-state index contributed by atoms with van der Waals surface area (Å²) in [6, 6.07) is 11.2. The first-order valence-electron chi connectivity index (χ1n) is 7.67. The lowest BCUT2D eigenvalue weighted by atomic mass is 10.3. The van der Waals surface area contributed by atoms with Gasteiger partial charge in [-0.3, -0.25) is 14.0 Å². The van der Waals surface area contributed by atoms with E-state index in [0.717, 1.165) is 0 Å². The van der Waals surface area contributed by atoms with Gasteiger partial charge in [0.05, 0.1) is 6.54 Å². The smallest absolute Gasteiger partial charge is 0.270 e. The summed E-state index contributed by atoms with van der Waals surface area (Å²) < 4.78 is 20.1. The molecule has 0 aliphatic carbocycles. The fourth-order valence-electron chi connectivity index (χ4n) is 2.33. The van der Waals surface area contributed by atoms with Crippen molar-refractivity contribution in [3.05, 3.63) is 76.6 Å². The molecule has 0 radical (unpaired) electrons. The molecule has 128 valence electrons.